The van der Waals surface area contributed by atoms with Gasteiger partial charge in [0.25, 0.3) is 5.91 Å². The normalized spacial score (nSPS) is 15.8. The van der Waals surface area contributed by atoms with Crippen LogP contribution in [-0.2, 0) is 21.8 Å². The second-order valence-corrected chi connectivity index (χ2v) is 8.22. The van der Waals surface area contributed by atoms with Crippen LogP contribution in [0.5, 0.6) is 0 Å². The topological polar surface area (TPSA) is 93.5 Å². The molecule has 1 aliphatic heterocycles. The number of amides is 1. The number of aryl methyl sites for hydroxylation is 2. The van der Waals surface area contributed by atoms with E-state index in [1.165, 1.54) is 27.2 Å². The molecule has 0 unspecified atom stereocenters. The minimum atomic E-state index is -3.80. The summed E-state index contributed by atoms with van der Waals surface area (Å²) in [6.45, 7) is 2.98. The molecular weight excluding hydrogens is 380 g/mol. The van der Waals surface area contributed by atoms with Crippen molar-refractivity contribution in [3.63, 3.8) is 0 Å². The fourth-order valence-electron chi connectivity index (χ4n) is 2.68. The van der Waals surface area contributed by atoms with E-state index in [0.29, 0.717) is 19.0 Å². The highest BCUT2D eigenvalue weighted by molar-refractivity contribution is 7.89. The van der Waals surface area contributed by atoms with Gasteiger partial charge in [0.1, 0.15) is 10.7 Å². The quantitative estimate of drug-likeness (QED) is 0.845. The molecule has 1 aromatic carbocycles. The Hall–Kier alpha value is -1.94. The molecule has 1 saturated heterocycles. The monoisotopic (exact) mass is 398 g/mol. The number of anilines is 1. The molecule has 1 N–H and O–H groups in total. The first-order valence-electron chi connectivity index (χ1n) is 7.98. The minimum absolute atomic E-state index is 0.0735. The number of morpholine rings is 1. The highest BCUT2D eigenvalue weighted by Crippen LogP contribution is 2.27. The van der Waals surface area contributed by atoms with E-state index in [-0.39, 0.29) is 28.6 Å². The summed E-state index contributed by atoms with van der Waals surface area (Å²) < 4.78 is 33.7. The highest BCUT2D eigenvalue weighted by Gasteiger charge is 2.29. The Morgan fingerprint density at radius 2 is 1.96 bits per heavy atom. The molecule has 1 aliphatic rings. The van der Waals surface area contributed by atoms with Gasteiger partial charge in [-0.15, -0.1) is 0 Å². The van der Waals surface area contributed by atoms with E-state index in [1.54, 1.807) is 13.1 Å². The number of ether oxygens (including phenoxy) is 1. The second-order valence-electron chi connectivity index (χ2n) is 5.91. The molecule has 0 bridgehead atoms. The van der Waals surface area contributed by atoms with Crippen LogP contribution in [0.2, 0.25) is 5.02 Å². The van der Waals surface area contributed by atoms with Crippen molar-refractivity contribution in [3.8, 4) is 0 Å². The van der Waals surface area contributed by atoms with E-state index >= 15 is 0 Å². The first-order chi connectivity index (χ1) is 12.3. The zero-order chi connectivity index (χ0) is 18.9. The smallest absolute Gasteiger partial charge is 0.256 e. The molecule has 0 atom stereocenters. The van der Waals surface area contributed by atoms with Crippen molar-refractivity contribution in [1.82, 2.24) is 14.1 Å². The summed E-state index contributed by atoms with van der Waals surface area (Å²) in [5.74, 6) is 0.0723. The summed E-state index contributed by atoms with van der Waals surface area (Å²) in [6, 6.07) is 5.92. The van der Waals surface area contributed by atoms with Gasteiger partial charge < -0.3 is 10.1 Å². The lowest BCUT2D eigenvalue weighted by atomic mass is 10.2. The second kappa shape index (κ2) is 7.36. The summed E-state index contributed by atoms with van der Waals surface area (Å²) in [4.78, 5) is 12.4. The molecule has 1 aromatic heterocycles. The molecule has 2 aromatic rings. The summed E-state index contributed by atoms with van der Waals surface area (Å²) in [6.07, 6.45) is 0. The van der Waals surface area contributed by atoms with E-state index in [1.807, 2.05) is 6.92 Å². The number of carbonyl (C=O) groups excluding carboxylic acids is 1. The SMILES string of the molecule is Cc1cc(NC(=O)c2ccc(Cl)c(S(=O)(=O)N3CCOCC3)c2)n(C)n1. The molecule has 1 fully saturated rings. The fourth-order valence-corrected chi connectivity index (χ4v) is 4.59. The number of nitrogens with one attached hydrogen (secondary N) is 1. The zero-order valence-corrected chi connectivity index (χ0v) is 16.0. The number of nitrogens with zero attached hydrogens (tertiary/aromatic N) is 3. The number of aromatic nitrogens is 2. The Morgan fingerprint density at radius 3 is 2.58 bits per heavy atom. The van der Waals surface area contributed by atoms with Gasteiger partial charge in [-0.1, -0.05) is 11.6 Å². The number of benzene rings is 1. The zero-order valence-electron chi connectivity index (χ0n) is 14.4. The van der Waals surface area contributed by atoms with Crippen LogP contribution in [-0.4, -0.2) is 54.7 Å². The Bertz CT molecular complexity index is 936. The lowest BCUT2D eigenvalue weighted by Gasteiger charge is -2.26. The maximum atomic E-state index is 12.8. The van der Waals surface area contributed by atoms with Gasteiger partial charge in [0.2, 0.25) is 10.0 Å². The van der Waals surface area contributed by atoms with E-state index in [0.717, 1.165) is 5.69 Å². The largest absolute Gasteiger partial charge is 0.379 e. The summed E-state index contributed by atoms with van der Waals surface area (Å²) >= 11 is 6.11. The van der Waals surface area contributed by atoms with Crippen LogP contribution in [0.15, 0.2) is 29.2 Å². The molecule has 3 rings (SSSR count). The van der Waals surface area contributed by atoms with E-state index in [4.69, 9.17) is 16.3 Å². The lowest BCUT2D eigenvalue weighted by Crippen LogP contribution is -2.40. The maximum Gasteiger partial charge on any atom is 0.256 e. The van der Waals surface area contributed by atoms with Crippen molar-refractivity contribution in [3.05, 3.63) is 40.5 Å². The van der Waals surface area contributed by atoms with Crippen molar-refractivity contribution < 1.29 is 17.9 Å². The highest BCUT2D eigenvalue weighted by atomic mass is 35.5. The molecule has 0 spiro atoms. The number of hydrogen-bond donors (Lipinski definition) is 1. The van der Waals surface area contributed by atoms with Gasteiger partial charge in [-0.2, -0.15) is 9.40 Å². The number of rotatable bonds is 4. The first kappa shape index (κ1) is 18.8. The van der Waals surface area contributed by atoms with Crippen molar-refractivity contribution in [2.75, 3.05) is 31.6 Å². The van der Waals surface area contributed by atoms with Crippen molar-refractivity contribution >= 4 is 33.3 Å². The number of carbonyl (C=O) groups is 1. The van der Waals surface area contributed by atoms with Gasteiger partial charge in [-0.25, -0.2) is 8.42 Å². The molecular formula is C16H19ClN4O4S. The molecule has 10 heteroatoms. The fraction of sp³-hybridized carbons (Fsp3) is 0.375. The Balaban J connectivity index is 1.89. The van der Waals surface area contributed by atoms with Gasteiger partial charge >= 0.3 is 0 Å². The van der Waals surface area contributed by atoms with Crippen LogP contribution >= 0.6 is 11.6 Å². The third-order valence-corrected chi connectivity index (χ3v) is 6.41. The van der Waals surface area contributed by atoms with Crippen molar-refractivity contribution in [2.45, 2.75) is 11.8 Å². The van der Waals surface area contributed by atoms with E-state index in [2.05, 4.69) is 10.4 Å². The van der Waals surface area contributed by atoms with Gasteiger partial charge in [0, 0.05) is 31.8 Å². The van der Waals surface area contributed by atoms with Gasteiger partial charge in [0.05, 0.1) is 23.9 Å². The standard InChI is InChI=1S/C16H19ClN4O4S/c1-11-9-15(20(2)19-11)18-16(22)12-3-4-13(17)14(10-12)26(23,24)21-5-7-25-8-6-21/h3-4,9-10H,5-8H2,1-2H3,(H,18,22). The average molecular weight is 399 g/mol. The lowest BCUT2D eigenvalue weighted by molar-refractivity contribution is 0.0730. The van der Waals surface area contributed by atoms with Crippen LogP contribution in [0.4, 0.5) is 5.82 Å². The first-order valence-corrected chi connectivity index (χ1v) is 9.80. The Morgan fingerprint density at radius 1 is 1.27 bits per heavy atom. The Kier molecular flexibility index (Phi) is 5.33. The van der Waals surface area contributed by atoms with Crippen LogP contribution in [0, 0.1) is 6.92 Å². The number of sulfonamides is 1. The molecule has 140 valence electrons. The molecule has 8 nitrogen and oxygen atoms in total. The van der Waals surface area contributed by atoms with Gasteiger partial charge in [-0.3, -0.25) is 9.48 Å². The van der Waals surface area contributed by atoms with E-state index < -0.39 is 15.9 Å². The Labute approximate surface area is 156 Å². The molecule has 1 amide bonds. The average Bonchev–Trinajstić information content (AvgIpc) is 2.93. The number of hydrogen-bond acceptors (Lipinski definition) is 5. The molecule has 0 aliphatic carbocycles. The predicted octanol–water partition coefficient (Wildman–Crippen LogP) is 1.66. The third kappa shape index (κ3) is 3.75. The minimum Gasteiger partial charge on any atom is -0.379 e. The van der Waals surface area contributed by atoms with Crippen LogP contribution in [0.1, 0.15) is 16.1 Å². The molecule has 0 saturated carbocycles. The van der Waals surface area contributed by atoms with Gasteiger partial charge in [0.15, 0.2) is 0 Å². The van der Waals surface area contributed by atoms with Crippen molar-refractivity contribution in [2.24, 2.45) is 7.05 Å². The predicted molar refractivity (Wildman–Crippen MR) is 96.9 cm³/mol. The molecule has 2 heterocycles. The summed E-state index contributed by atoms with van der Waals surface area (Å²) in [5, 5.41) is 6.94. The maximum absolute atomic E-state index is 12.8. The molecule has 0 radical (unpaired) electrons. The summed E-state index contributed by atoms with van der Waals surface area (Å²) in [7, 11) is -2.09. The van der Waals surface area contributed by atoms with Crippen LogP contribution in [0.3, 0.4) is 0 Å². The third-order valence-electron chi connectivity index (χ3n) is 4.02. The van der Waals surface area contributed by atoms with Crippen molar-refractivity contribution in [1.29, 1.82) is 0 Å². The van der Waals surface area contributed by atoms with Crippen LogP contribution in [0.25, 0.3) is 0 Å². The van der Waals surface area contributed by atoms with Crippen LogP contribution < -0.4 is 5.32 Å². The van der Waals surface area contributed by atoms with E-state index in [9.17, 15) is 13.2 Å². The number of halogens is 1. The molecule has 26 heavy (non-hydrogen) atoms. The van der Waals surface area contributed by atoms with Gasteiger partial charge in [-0.05, 0) is 25.1 Å². The summed E-state index contributed by atoms with van der Waals surface area (Å²) in [5.41, 5.74) is 0.953.